The number of nitrogens with zero attached hydrogens (tertiary/aromatic N) is 1. The SMILES string of the molecule is O=C1OC[C@@H]2[C@@H](c3ccccc3)ON([C@@H]3O[C@@H]([C@@H]4COC5(CCCCC5)O4)[C@H]4OC5(CCCCC5)O[C@H]43)[C@H]12. The molecule has 0 unspecified atom stereocenters. The van der Waals surface area contributed by atoms with Crippen LogP contribution in [0.25, 0.3) is 0 Å². The van der Waals surface area contributed by atoms with Gasteiger partial charge in [-0.05, 0) is 31.2 Å². The van der Waals surface area contributed by atoms with Crippen LogP contribution in [0.15, 0.2) is 30.3 Å². The molecule has 206 valence electrons. The van der Waals surface area contributed by atoms with E-state index in [4.69, 9.17) is 33.3 Å². The topological polar surface area (TPSA) is 84.9 Å². The molecule has 0 aromatic heterocycles. The van der Waals surface area contributed by atoms with Crippen LogP contribution in [0.5, 0.6) is 0 Å². The third kappa shape index (κ3) is 3.81. The maximum Gasteiger partial charge on any atom is 0.326 e. The molecule has 5 aliphatic heterocycles. The molecular weight excluding hydrogens is 490 g/mol. The van der Waals surface area contributed by atoms with Crippen LogP contribution in [0.2, 0.25) is 0 Å². The lowest BCUT2D eigenvalue weighted by molar-refractivity contribution is -0.301. The van der Waals surface area contributed by atoms with Crippen LogP contribution in [0, 0.1) is 5.92 Å². The van der Waals surface area contributed by atoms with E-state index >= 15 is 0 Å². The van der Waals surface area contributed by atoms with Crippen LogP contribution in [-0.2, 0) is 38.1 Å². The Balaban J connectivity index is 1.10. The van der Waals surface area contributed by atoms with Crippen LogP contribution in [0.1, 0.15) is 75.9 Å². The Labute approximate surface area is 222 Å². The zero-order valence-corrected chi connectivity index (χ0v) is 21.7. The molecule has 0 N–H and O–H groups in total. The standard InChI is InChI=1S/C29H37NO8/c31-27-21-19(16-32-27)22(18-10-4-1-5-11-18)38-30(21)26-25-24(36-29(37-25)14-8-3-9-15-29)23(34-26)20-17-33-28(35-20)12-6-2-7-13-28/h1,4-5,10-11,19-26H,2-3,6-9,12-17H2/t19-,20-,21-,22+,23-,24+,25+,26+/m0/s1. The molecule has 2 saturated carbocycles. The van der Waals surface area contributed by atoms with Gasteiger partial charge in [-0.1, -0.05) is 43.2 Å². The Morgan fingerprint density at radius 3 is 2.24 bits per heavy atom. The summed E-state index contributed by atoms with van der Waals surface area (Å²) in [6, 6.07) is 9.48. The largest absolute Gasteiger partial charge is 0.464 e. The van der Waals surface area contributed by atoms with Crippen molar-refractivity contribution in [1.82, 2.24) is 5.06 Å². The normalized spacial score (nSPS) is 43.5. The highest BCUT2D eigenvalue weighted by Crippen LogP contribution is 2.52. The highest BCUT2D eigenvalue weighted by Gasteiger charge is 2.66. The second kappa shape index (κ2) is 9.23. The minimum absolute atomic E-state index is 0.117. The summed E-state index contributed by atoms with van der Waals surface area (Å²) >= 11 is 0. The Morgan fingerprint density at radius 1 is 0.763 bits per heavy atom. The molecule has 0 amide bonds. The van der Waals surface area contributed by atoms with Gasteiger partial charge in [0.25, 0.3) is 0 Å². The number of benzene rings is 1. The van der Waals surface area contributed by atoms with Crippen molar-refractivity contribution in [2.45, 2.75) is 119 Å². The minimum atomic E-state index is -0.607. The number of rotatable bonds is 3. The number of fused-ring (bicyclic) bond motifs is 2. The van der Waals surface area contributed by atoms with Crippen molar-refractivity contribution in [3.8, 4) is 0 Å². The van der Waals surface area contributed by atoms with Gasteiger partial charge in [-0.15, -0.1) is 5.06 Å². The smallest absolute Gasteiger partial charge is 0.326 e. The first kappa shape index (κ1) is 24.2. The lowest BCUT2D eigenvalue weighted by atomic mass is 9.92. The zero-order chi connectivity index (χ0) is 25.3. The molecule has 9 nitrogen and oxygen atoms in total. The van der Waals surface area contributed by atoms with Gasteiger partial charge in [0.1, 0.15) is 36.6 Å². The predicted octanol–water partition coefficient (Wildman–Crippen LogP) is 3.76. The quantitative estimate of drug-likeness (QED) is 0.546. The van der Waals surface area contributed by atoms with E-state index < -0.39 is 29.9 Å². The summed E-state index contributed by atoms with van der Waals surface area (Å²) in [5.41, 5.74) is 1.02. The summed E-state index contributed by atoms with van der Waals surface area (Å²) in [5.74, 6) is -1.51. The maximum absolute atomic E-state index is 13.0. The van der Waals surface area contributed by atoms with Gasteiger partial charge in [-0.2, -0.15) is 0 Å². The van der Waals surface area contributed by atoms with Gasteiger partial charge >= 0.3 is 5.97 Å². The van der Waals surface area contributed by atoms with Crippen LogP contribution < -0.4 is 0 Å². The molecule has 8 rings (SSSR count). The Kier molecular flexibility index (Phi) is 5.88. The van der Waals surface area contributed by atoms with Crippen molar-refractivity contribution in [2.75, 3.05) is 13.2 Å². The predicted molar refractivity (Wildman–Crippen MR) is 131 cm³/mol. The summed E-state index contributed by atoms with van der Waals surface area (Å²) < 4.78 is 38.8. The Bertz CT molecular complexity index is 1040. The summed E-state index contributed by atoms with van der Waals surface area (Å²) in [6.45, 7) is 0.797. The van der Waals surface area contributed by atoms with E-state index in [1.807, 2.05) is 30.3 Å². The molecule has 0 radical (unpaired) electrons. The number of hydrogen-bond donors (Lipinski definition) is 0. The molecule has 0 bridgehead atoms. The van der Waals surface area contributed by atoms with Crippen molar-refractivity contribution >= 4 is 5.97 Å². The fraction of sp³-hybridized carbons (Fsp3) is 0.759. The van der Waals surface area contributed by atoms with Gasteiger partial charge in [-0.3, -0.25) is 9.63 Å². The number of ether oxygens (including phenoxy) is 6. The molecule has 1 aromatic carbocycles. The zero-order valence-electron chi connectivity index (χ0n) is 21.7. The van der Waals surface area contributed by atoms with E-state index in [9.17, 15) is 4.79 Å². The first-order valence-corrected chi connectivity index (χ1v) is 14.6. The molecule has 1 aromatic rings. The molecule has 38 heavy (non-hydrogen) atoms. The van der Waals surface area contributed by atoms with Crippen molar-refractivity contribution in [2.24, 2.45) is 5.92 Å². The first-order chi connectivity index (χ1) is 18.6. The number of carbonyl (C=O) groups excluding carboxylic acids is 1. The van der Waals surface area contributed by atoms with Crippen LogP contribution in [0.4, 0.5) is 0 Å². The second-order valence-corrected chi connectivity index (χ2v) is 12.1. The number of carbonyl (C=O) groups is 1. The number of hydrogen-bond acceptors (Lipinski definition) is 9. The number of cyclic esters (lactones) is 1. The molecule has 5 heterocycles. The summed E-state index contributed by atoms with van der Waals surface area (Å²) in [4.78, 5) is 19.6. The van der Waals surface area contributed by atoms with E-state index in [0.717, 1.165) is 56.9 Å². The number of hydroxylamine groups is 2. The van der Waals surface area contributed by atoms with Crippen molar-refractivity contribution in [3.05, 3.63) is 35.9 Å². The third-order valence-electron chi connectivity index (χ3n) is 9.74. The molecule has 8 atom stereocenters. The lowest BCUT2D eigenvalue weighted by Crippen LogP contribution is -2.49. The number of esters is 1. The van der Waals surface area contributed by atoms with Crippen molar-refractivity contribution in [3.63, 3.8) is 0 Å². The fourth-order valence-corrected chi connectivity index (χ4v) is 7.89. The lowest BCUT2D eigenvalue weighted by Gasteiger charge is -2.36. The van der Waals surface area contributed by atoms with Gasteiger partial charge in [0.15, 0.2) is 17.8 Å². The maximum atomic E-state index is 13.0. The van der Waals surface area contributed by atoms with Crippen LogP contribution in [0.3, 0.4) is 0 Å². The summed E-state index contributed by atoms with van der Waals surface area (Å²) in [5, 5.41) is 1.73. The van der Waals surface area contributed by atoms with E-state index in [2.05, 4.69) is 0 Å². The Hall–Kier alpha value is -1.59. The van der Waals surface area contributed by atoms with Crippen molar-refractivity contribution < 1.29 is 38.1 Å². The third-order valence-corrected chi connectivity index (χ3v) is 9.74. The minimum Gasteiger partial charge on any atom is -0.464 e. The highest BCUT2D eigenvalue weighted by atomic mass is 16.8. The first-order valence-electron chi connectivity index (χ1n) is 14.6. The summed E-state index contributed by atoms with van der Waals surface area (Å²) in [6.07, 6.45) is 8.12. The van der Waals surface area contributed by atoms with Crippen molar-refractivity contribution in [1.29, 1.82) is 0 Å². The van der Waals surface area contributed by atoms with E-state index in [0.29, 0.717) is 13.2 Å². The van der Waals surface area contributed by atoms with E-state index in [1.165, 1.54) is 12.8 Å². The summed E-state index contributed by atoms with van der Waals surface area (Å²) in [7, 11) is 0. The molecule has 2 spiro atoms. The van der Waals surface area contributed by atoms with Gasteiger partial charge in [0.05, 0.1) is 19.1 Å². The average molecular weight is 528 g/mol. The van der Waals surface area contributed by atoms with Gasteiger partial charge < -0.3 is 28.4 Å². The fourth-order valence-electron chi connectivity index (χ4n) is 7.89. The van der Waals surface area contributed by atoms with Gasteiger partial charge in [0, 0.05) is 25.7 Å². The van der Waals surface area contributed by atoms with E-state index in [1.54, 1.807) is 5.06 Å². The molecule has 9 heteroatoms. The average Bonchev–Trinajstić information content (AvgIpc) is 3.75. The molecule has 7 aliphatic rings. The molecule has 2 aliphatic carbocycles. The van der Waals surface area contributed by atoms with Gasteiger partial charge in [-0.25, -0.2) is 0 Å². The van der Waals surface area contributed by atoms with Crippen LogP contribution >= 0.6 is 0 Å². The van der Waals surface area contributed by atoms with Gasteiger partial charge in [0.2, 0.25) is 0 Å². The molecular formula is C29H37NO8. The Morgan fingerprint density at radius 2 is 1.47 bits per heavy atom. The van der Waals surface area contributed by atoms with Crippen LogP contribution in [-0.4, -0.2) is 72.5 Å². The second-order valence-electron chi connectivity index (χ2n) is 12.1. The van der Waals surface area contributed by atoms with E-state index in [-0.39, 0.29) is 36.3 Å². The molecule has 7 fully saturated rings. The highest BCUT2D eigenvalue weighted by molar-refractivity contribution is 5.78. The molecule has 5 saturated heterocycles. The monoisotopic (exact) mass is 527 g/mol.